The Bertz CT molecular complexity index is 418. The molecule has 4 nitrogen and oxygen atoms in total. The molecule has 2 N–H and O–H groups in total. The highest BCUT2D eigenvalue weighted by Crippen LogP contribution is 2.17. The predicted molar refractivity (Wildman–Crippen MR) is 55.1 cm³/mol. The summed E-state index contributed by atoms with van der Waals surface area (Å²) in [7, 11) is 0. The molecule has 0 unspecified atom stereocenters. The molecular weight excluding hydrogens is 200 g/mol. The number of carboxylic acids is 1. The van der Waals surface area contributed by atoms with Crippen molar-refractivity contribution in [1.82, 2.24) is 9.97 Å². The molecule has 0 atom stereocenters. The monoisotopic (exact) mass is 212 g/mol. The van der Waals surface area contributed by atoms with Gasteiger partial charge in [-0.05, 0) is 0 Å². The zero-order chi connectivity index (χ0) is 10.9. The highest BCUT2D eigenvalue weighted by Gasteiger charge is 2.18. The molecule has 1 heterocycles. The van der Waals surface area contributed by atoms with E-state index in [9.17, 15) is 4.79 Å². The molecule has 0 bridgehead atoms. The molecule has 0 spiro atoms. The molecule has 0 aliphatic heterocycles. The van der Waals surface area contributed by atoms with Crippen LogP contribution in [0.2, 0.25) is 0 Å². The lowest BCUT2D eigenvalue weighted by atomic mass is 9.96. The minimum absolute atomic E-state index is 0.0786. The Balaban J connectivity index is 3.35. The summed E-state index contributed by atoms with van der Waals surface area (Å²) in [5, 5.41) is 8.79. The molecule has 5 heteroatoms. The molecule has 0 fully saturated rings. The van der Waals surface area contributed by atoms with Crippen molar-refractivity contribution in [3.05, 3.63) is 22.2 Å². The summed E-state index contributed by atoms with van der Waals surface area (Å²) in [6, 6.07) is 1.34. The first-order valence-electron chi connectivity index (χ1n) is 4.16. The number of nitrogens with one attached hydrogen (secondary N) is 1. The van der Waals surface area contributed by atoms with E-state index >= 15 is 0 Å². The molecule has 1 rings (SSSR count). The molecule has 0 saturated heterocycles. The van der Waals surface area contributed by atoms with Crippen LogP contribution in [0.15, 0.2) is 6.07 Å². The van der Waals surface area contributed by atoms with Gasteiger partial charge in [0.25, 0.3) is 0 Å². The average molecular weight is 212 g/mol. The number of aromatic amines is 1. The number of H-pyrrole nitrogens is 1. The van der Waals surface area contributed by atoms with Crippen LogP contribution in [-0.2, 0) is 5.41 Å². The summed E-state index contributed by atoms with van der Waals surface area (Å²) >= 11 is 4.88. The number of rotatable bonds is 1. The van der Waals surface area contributed by atoms with Gasteiger partial charge in [-0.15, -0.1) is 0 Å². The Kier molecular flexibility index (Phi) is 2.71. The third-order valence-corrected chi connectivity index (χ3v) is 1.89. The van der Waals surface area contributed by atoms with Gasteiger partial charge in [0.2, 0.25) is 0 Å². The SMILES string of the molecule is CC(C)(C)c1nc(=S)cc(C(=O)O)[nH]1. The van der Waals surface area contributed by atoms with E-state index in [4.69, 9.17) is 17.3 Å². The Hall–Kier alpha value is -1.23. The second-order valence-electron chi connectivity index (χ2n) is 4.04. The molecule has 1 aromatic heterocycles. The van der Waals surface area contributed by atoms with Crippen molar-refractivity contribution in [1.29, 1.82) is 0 Å². The highest BCUT2D eigenvalue weighted by atomic mass is 32.1. The topological polar surface area (TPSA) is 66.0 Å². The van der Waals surface area contributed by atoms with Crippen molar-refractivity contribution in [3.63, 3.8) is 0 Å². The van der Waals surface area contributed by atoms with Crippen molar-refractivity contribution >= 4 is 18.2 Å². The van der Waals surface area contributed by atoms with E-state index in [0.717, 1.165) is 0 Å². The van der Waals surface area contributed by atoms with Gasteiger partial charge < -0.3 is 10.1 Å². The van der Waals surface area contributed by atoms with E-state index in [1.54, 1.807) is 0 Å². The number of hydrogen-bond acceptors (Lipinski definition) is 3. The normalized spacial score (nSPS) is 11.4. The summed E-state index contributed by atoms with van der Waals surface area (Å²) in [5.74, 6) is -0.439. The number of nitrogens with zero attached hydrogens (tertiary/aromatic N) is 1. The van der Waals surface area contributed by atoms with E-state index in [2.05, 4.69) is 9.97 Å². The fourth-order valence-electron chi connectivity index (χ4n) is 0.928. The minimum atomic E-state index is -1.02. The van der Waals surface area contributed by atoms with Crippen LogP contribution in [0.1, 0.15) is 37.1 Å². The van der Waals surface area contributed by atoms with Crippen molar-refractivity contribution in [2.45, 2.75) is 26.2 Å². The molecule has 76 valence electrons. The lowest BCUT2D eigenvalue weighted by Crippen LogP contribution is -2.18. The largest absolute Gasteiger partial charge is 0.477 e. The van der Waals surface area contributed by atoms with E-state index < -0.39 is 5.97 Å². The molecule has 1 aromatic rings. The Labute approximate surface area is 87.0 Å². The van der Waals surface area contributed by atoms with Gasteiger partial charge in [-0.2, -0.15) is 0 Å². The number of carbonyl (C=O) groups is 1. The fraction of sp³-hybridized carbons (Fsp3) is 0.444. The second kappa shape index (κ2) is 3.49. The highest BCUT2D eigenvalue weighted by molar-refractivity contribution is 7.71. The van der Waals surface area contributed by atoms with Gasteiger partial charge in [-0.1, -0.05) is 33.0 Å². The van der Waals surface area contributed by atoms with Crippen LogP contribution in [0.4, 0.5) is 0 Å². The van der Waals surface area contributed by atoms with Crippen LogP contribution in [0, 0.1) is 4.64 Å². The van der Waals surface area contributed by atoms with E-state index in [0.29, 0.717) is 10.5 Å². The maximum Gasteiger partial charge on any atom is 0.352 e. The lowest BCUT2D eigenvalue weighted by Gasteiger charge is -2.17. The van der Waals surface area contributed by atoms with Gasteiger partial charge in [0, 0.05) is 11.5 Å². The zero-order valence-corrected chi connectivity index (χ0v) is 9.10. The fourth-order valence-corrected chi connectivity index (χ4v) is 1.14. The predicted octanol–water partition coefficient (Wildman–Crippen LogP) is 2.13. The van der Waals surface area contributed by atoms with Crippen molar-refractivity contribution in [3.8, 4) is 0 Å². The smallest absolute Gasteiger partial charge is 0.352 e. The van der Waals surface area contributed by atoms with E-state index in [1.807, 2.05) is 20.8 Å². The van der Waals surface area contributed by atoms with Crippen LogP contribution in [-0.4, -0.2) is 21.0 Å². The third-order valence-electron chi connectivity index (χ3n) is 1.68. The van der Waals surface area contributed by atoms with Crippen LogP contribution < -0.4 is 0 Å². The number of hydrogen-bond donors (Lipinski definition) is 2. The summed E-state index contributed by atoms with van der Waals surface area (Å²) in [4.78, 5) is 17.6. The summed E-state index contributed by atoms with van der Waals surface area (Å²) in [5.41, 5.74) is -0.158. The van der Waals surface area contributed by atoms with Crippen LogP contribution in [0.3, 0.4) is 0 Å². The second-order valence-corrected chi connectivity index (χ2v) is 4.46. The van der Waals surface area contributed by atoms with Gasteiger partial charge in [-0.25, -0.2) is 9.78 Å². The quantitative estimate of drug-likeness (QED) is 0.700. The molecule has 0 amide bonds. The van der Waals surface area contributed by atoms with E-state index in [-0.39, 0.29) is 11.1 Å². The maximum absolute atomic E-state index is 10.7. The first-order valence-corrected chi connectivity index (χ1v) is 4.56. The molecule has 0 aliphatic carbocycles. The van der Waals surface area contributed by atoms with Gasteiger partial charge in [0.1, 0.15) is 16.2 Å². The first kappa shape index (κ1) is 10.8. The number of aromatic carboxylic acids is 1. The van der Waals surface area contributed by atoms with Crippen molar-refractivity contribution in [2.24, 2.45) is 0 Å². The lowest BCUT2D eigenvalue weighted by molar-refractivity contribution is 0.0689. The number of carboxylic acid groups (broad SMARTS) is 1. The van der Waals surface area contributed by atoms with Gasteiger partial charge >= 0.3 is 5.97 Å². The van der Waals surface area contributed by atoms with Gasteiger partial charge in [0.05, 0.1) is 0 Å². The Morgan fingerprint density at radius 3 is 2.57 bits per heavy atom. The maximum atomic E-state index is 10.7. The van der Waals surface area contributed by atoms with Crippen molar-refractivity contribution in [2.75, 3.05) is 0 Å². The molecule has 0 saturated carbocycles. The van der Waals surface area contributed by atoms with Crippen LogP contribution >= 0.6 is 12.2 Å². The molecule has 14 heavy (non-hydrogen) atoms. The standard InChI is InChI=1S/C9H12N2O2S/c1-9(2,3)8-10-5(7(12)13)4-6(14)11-8/h4H,1-3H3,(H,12,13)(H,10,11,14). The summed E-state index contributed by atoms with van der Waals surface area (Å²) < 4.78 is 0.297. The van der Waals surface area contributed by atoms with Crippen LogP contribution in [0.25, 0.3) is 0 Å². The zero-order valence-electron chi connectivity index (χ0n) is 8.29. The average Bonchev–Trinajstić information content (AvgIpc) is 2.01. The Morgan fingerprint density at radius 1 is 1.57 bits per heavy atom. The van der Waals surface area contributed by atoms with E-state index in [1.165, 1.54) is 6.07 Å². The molecular formula is C9H12N2O2S. The number of aromatic nitrogens is 2. The van der Waals surface area contributed by atoms with Gasteiger partial charge in [0.15, 0.2) is 0 Å². The molecule has 0 aromatic carbocycles. The third kappa shape index (κ3) is 2.38. The Morgan fingerprint density at radius 2 is 2.14 bits per heavy atom. The minimum Gasteiger partial charge on any atom is -0.477 e. The van der Waals surface area contributed by atoms with Crippen LogP contribution in [0.5, 0.6) is 0 Å². The van der Waals surface area contributed by atoms with Crippen molar-refractivity contribution < 1.29 is 9.90 Å². The summed E-state index contributed by atoms with van der Waals surface area (Å²) in [6.07, 6.45) is 0. The first-order chi connectivity index (χ1) is 6.30. The molecule has 0 radical (unpaired) electrons. The molecule has 0 aliphatic rings. The summed E-state index contributed by atoms with van der Waals surface area (Å²) in [6.45, 7) is 5.81. The van der Waals surface area contributed by atoms with Gasteiger partial charge in [-0.3, -0.25) is 0 Å².